The van der Waals surface area contributed by atoms with Crippen LogP contribution in [0, 0.1) is 17.3 Å². The van der Waals surface area contributed by atoms with E-state index in [0.29, 0.717) is 6.54 Å². The van der Waals surface area contributed by atoms with Gasteiger partial charge in [0, 0.05) is 12.0 Å². The highest BCUT2D eigenvalue weighted by Gasteiger charge is 2.49. The van der Waals surface area contributed by atoms with Crippen molar-refractivity contribution in [2.24, 2.45) is 23.0 Å². The molecule has 3 atom stereocenters. The van der Waals surface area contributed by atoms with Crippen molar-refractivity contribution in [2.45, 2.75) is 64.4 Å². The first kappa shape index (κ1) is 12.4. The second kappa shape index (κ2) is 4.30. The highest BCUT2D eigenvalue weighted by molar-refractivity contribution is 5.01. The van der Waals surface area contributed by atoms with Gasteiger partial charge in [0.25, 0.3) is 0 Å². The maximum atomic E-state index is 11.0. The van der Waals surface area contributed by atoms with E-state index in [1.54, 1.807) is 0 Å². The maximum Gasteiger partial charge on any atom is 0.0715 e. The van der Waals surface area contributed by atoms with E-state index in [-0.39, 0.29) is 5.41 Å². The summed E-state index contributed by atoms with van der Waals surface area (Å²) in [5.74, 6) is 1.70. The van der Waals surface area contributed by atoms with E-state index in [9.17, 15) is 5.11 Å². The van der Waals surface area contributed by atoms with Gasteiger partial charge in [-0.15, -0.1) is 0 Å². The molecule has 2 heteroatoms. The van der Waals surface area contributed by atoms with Crippen LogP contribution in [0.4, 0.5) is 0 Å². The van der Waals surface area contributed by atoms with Crippen LogP contribution in [0.25, 0.3) is 0 Å². The van der Waals surface area contributed by atoms with Gasteiger partial charge in [-0.05, 0) is 50.4 Å². The Morgan fingerprint density at radius 1 is 1.31 bits per heavy atom. The molecule has 0 radical (unpaired) electrons. The van der Waals surface area contributed by atoms with Gasteiger partial charge in [-0.2, -0.15) is 0 Å². The van der Waals surface area contributed by atoms with E-state index in [2.05, 4.69) is 13.8 Å². The summed E-state index contributed by atoms with van der Waals surface area (Å²) < 4.78 is 0. The van der Waals surface area contributed by atoms with Crippen molar-refractivity contribution in [3.8, 4) is 0 Å². The van der Waals surface area contributed by atoms with E-state index in [1.165, 1.54) is 25.7 Å². The second-order valence-corrected chi connectivity index (χ2v) is 6.34. The molecule has 2 aliphatic carbocycles. The molecule has 2 nitrogen and oxygen atoms in total. The third-order valence-electron chi connectivity index (χ3n) is 5.41. The van der Waals surface area contributed by atoms with Gasteiger partial charge in [-0.3, -0.25) is 0 Å². The molecule has 0 heterocycles. The normalized spacial score (nSPS) is 39.4. The van der Waals surface area contributed by atoms with E-state index in [0.717, 1.165) is 31.1 Å². The van der Waals surface area contributed by atoms with Crippen molar-refractivity contribution in [1.82, 2.24) is 0 Å². The number of hydrogen-bond acceptors (Lipinski definition) is 2. The molecule has 2 fully saturated rings. The lowest BCUT2D eigenvalue weighted by Gasteiger charge is -2.49. The minimum atomic E-state index is -0.498. The van der Waals surface area contributed by atoms with Gasteiger partial charge in [-0.1, -0.05) is 20.3 Å². The van der Waals surface area contributed by atoms with Crippen LogP contribution in [-0.4, -0.2) is 17.3 Å². The average molecular weight is 225 g/mol. The minimum Gasteiger partial charge on any atom is -0.389 e. The van der Waals surface area contributed by atoms with Crippen molar-refractivity contribution in [3.63, 3.8) is 0 Å². The molecule has 16 heavy (non-hydrogen) atoms. The Morgan fingerprint density at radius 3 is 2.50 bits per heavy atom. The van der Waals surface area contributed by atoms with E-state index in [4.69, 9.17) is 5.73 Å². The maximum absolute atomic E-state index is 11.0. The lowest BCUT2D eigenvalue weighted by atomic mass is 9.61. The number of nitrogens with two attached hydrogens (primary N) is 1. The van der Waals surface area contributed by atoms with Crippen LogP contribution < -0.4 is 5.73 Å². The molecule has 2 rings (SSSR count). The molecule has 3 unspecified atom stereocenters. The smallest absolute Gasteiger partial charge is 0.0715 e. The van der Waals surface area contributed by atoms with E-state index >= 15 is 0 Å². The van der Waals surface area contributed by atoms with Crippen LogP contribution in [0.5, 0.6) is 0 Å². The summed E-state index contributed by atoms with van der Waals surface area (Å²) in [4.78, 5) is 0. The molecule has 0 aliphatic heterocycles. The van der Waals surface area contributed by atoms with Gasteiger partial charge in [0.05, 0.1) is 5.60 Å². The summed E-state index contributed by atoms with van der Waals surface area (Å²) in [6, 6.07) is 0. The summed E-state index contributed by atoms with van der Waals surface area (Å²) in [5, 5.41) is 11.0. The molecular formula is C14H27NO. The fourth-order valence-corrected chi connectivity index (χ4v) is 3.48. The molecule has 94 valence electrons. The van der Waals surface area contributed by atoms with Crippen molar-refractivity contribution in [1.29, 1.82) is 0 Å². The third-order valence-corrected chi connectivity index (χ3v) is 5.41. The standard InChI is InChI=1S/C14H27NO/c1-3-13(2,10-15)14(16)8-4-5-12(9-14)11-6-7-11/h11-12,16H,3-10,15H2,1-2H3. The van der Waals surface area contributed by atoms with Gasteiger partial charge in [0.15, 0.2) is 0 Å². The number of hydrogen-bond donors (Lipinski definition) is 2. The summed E-state index contributed by atoms with van der Waals surface area (Å²) in [5.41, 5.74) is 5.33. The van der Waals surface area contributed by atoms with Crippen LogP contribution in [0.1, 0.15) is 58.8 Å². The van der Waals surface area contributed by atoms with Gasteiger partial charge in [0.1, 0.15) is 0 Å². The molecule has 0 spiro atoms. The Bertz CT molecular complexity index is 245. The van der Waals surface area contributed by atoms with Crippen LogP contribution in [0.3, 0.4) is 0 Å². The molecule has 2 aliphatic rings. The van der Waals surface area contributed by atoms with Crippen LogP contribution >= 0.6 is 0 Å². The van der Waals surface area contributed by atoms with Gasteiger partial charge in [-0.25, -0.2) is 0 Å². The Kier molecular flexibility index (Phi) is 3.33. The quantitative estimate of drug-likeness (QED) is 0.772. The van der Waals surface area contributed by atoms with Crippen LogP contribution in [0.15, 0.2) is 0 Å². The van der Waals surface area contributed by atoms with Gasteiger partial charge < -0.3 is 10.8 Å². The lowest BCUT2D eigenvalue weighted by molar-refractivity contribution is -0.114. The van der Waals surface area contributed by atoms with Crippen LogP contribution in [0.2, 0.25) is 0 Å². The van der Waals surface area contributed by atoms with Crippen molar-refractivity contribution < 1.29 is 5.11 Å². The van der Waals surface area contributed by atoms with Gasteiger partial charge >= 0.3 is 0 Å². The molecular weight excluding hydrogens is 198 g/mol. The molecule has 0 bridgehead atoms. The fraction of sp³-hybridized carbons (Fsp3) is 1.00. The highest BCUT2D eigenvalue weighted by atomic mass is 16.3. The summed E-state index contributed by atoms with van der Waals surface area (Å²) in [7, 11) is 0. The first-order valence-corrected chi connectivity index (χ1v) is 6.97. The zero-order valence-electron chi connectivity index (χ0n) is 10.8. The zero-order chi connectivity index (χ0) is 11.8. The third kappa shape index (κ3) is 2.02. The fourth-order valence-electron chi connectivity index (χ4n) is 3.48. The average Bonchev–Trinajstić information content (AvgIpc) is 3.11. The Hall–Kier alpha value is -0.0800. The molecule has 0 aromatic carbocycles. The predicted molar refractivity (Wildman–Crippen MR) is 67.1 cm³/mol. The van der Waals surface area contributed by atoms with Crippen molar-refractivity contribution in [3.05, 3.63) is 0 Å². The van der Waals surface area contributed by atoms with Crippen molar-refractivity contribution >= 4 is 0 Å². The summed E-state index contributed by atoms with van der Waals surface area (Å²) in [6.45, 7) is 4.94. The largest absolute Gasteiger partial charge is 0.389 e. The Morgan fingerprint density at radius 2 is 2.00 bits per heavy atom. The molecule has 0 aromatic rings. The number of aliphatic hydroxyl groups is 1. The summed E-state index contributed by atoms with van der Waals surface area (Å²) in [6.07, 6.45) is 8.25. The molecule has 0 aromatic heterocycles. The first-order chi connectivity index (χ1) is 7.54. The monoisotopic (exact) mass is 225 g/mol. The Balaban J connectivity index is 2.09. The molecule has 0 amide bonds. The first-order valence-electron chi connectivity index (χ1n) is 6.97. The molecule has 0 saturated heterocycles. The minimum absolute atomic E-state index is 0.0828. The SMILES string of the molecule is CCC(C)(CN)C1(O)CCCC(C2CC2)C1. The lowest BCUT2D eigenvalue weighted by Crippen LogP contribution is -2.53. The van der Waals surface area contributed by atoms with E-state index in [1.807, 2.05) is 0 Å². The van der Waals surface area contributed by atoms with Crippen LogP contribution in [-0.2, 0) is 0 Å². The molecule has 3 N–H and O–H groups in total. The zero-order valence-corrected chi connectivity index (χ0v) is 10.8. The summed E-state index contributed by atoms with van der Waals surface area (Å²) >= 11 is 0. The number of rotatable bonds is 4. The van der Waals surface area contributed by atoms with E-state index < -0.39 is 5.60 Å². The topological polar surface area (TPSA) is 46.2 Å². The van der Waals surface area contributed by atoms with Crippen molar-refractivity contribution in [2.75, 3.05) is 6.54 Å². The predicted octanol–water partition coefficient (Wildman–Crippen LogP) is 2.69. The molecule has 2 saturated carbocycles. The highest BCUT2D eigenvalue weighted by Crippen LogP contribution is 2.51. The second-order valence-electron chi connectivity index (χ2n) is 6.34. The Labute approximate surface area is 99.6 Å². The van der Waals surface area contributed by atoms with Gasteiger partial charge in [0.2, 0.25) is 0 Å².